The molecular formula is C12H24N4O. The first-order chi connectivity index (χ1) is 8.08. The maximum Gasteiger partial charge on any atom is 0.0767 e. The van der Waals surface area contributed by atoms with E-state index in [-0.39, 0.29) is 12.1 Å². The van der Waals surface area contributed by atoms with Gasteiger partial charge in [-0.1, -0.05) is 13.8 Å². The van der Waals surface area contributed by atoms with Gasteiger partial charge in [-0.15, -0.1) is 0 Å². The molecule has 0 amide bonds. The van der Waals surface area contributed by atoms with Crippen molar-refractivity contribution in [3.05, 3.63) is 18.0 Å². The molecule has 0 aliphatic rings. The molecule has 0 aromatic carbocycles. The molecular weight excluding hydrogens is 216 g/mol. The first kappa shape index (κ1) is 14.2. The highest BCUT2D eigenvalue weighted by Gasteiger charge is 2.24. The summed E-state index contributed by atoms with van der Waals surface area (Å²) in [6.07, 6.45) is 4.82. The summed E-state index contributed by atoms with van der Waals surface area (Å²) in [5.41, 5.74) is 4.03. The molecule has 1 aromatic rings. The molecule has 0 radical (unpaired) electrons. The number of ether oxygens (including phenoxy) is 1. The minimum atomic E-state index is 0.110. The zero-order valence-electron chi connectivity index (χ0n) is 11.2. The van der Waals surface area contributed by atoms with Crippen LogP contribution in [0.25, 0.3) is 0 Å². The highest BCUT2D eigenvalue weighted by Crippen LogP contribution is 2.14. The lowest BCUT2D eigenvalue weighted by molar-refractivity contribution is 0.00355. The summed E-state index contributed by atoms with van der Waals surface area (Å²) in [5, 5.41) is 4.16. The molecule has 98 valence electrons. The summed E-state index contributed by atoms with van der Waals surface area (Å²) in [5.74, 6) is 6.06. The zero-order valence-corrected chi connectivity index (χ0v) is 11.2. The fourth-order valence-electron chi connectivity index (χ4n) is 2.07. The number of nitrogens with two attached hydrogens (primary N) is 1. The molecule has 0 spiro atoms. The van der Waals surface area contributed by atoms with Crippen LogP contribution in [0.15, 0.2) is 12.4 Å². The Hall–Kier alpha value is -0.910. The van der Waals surface area contributed by atoms with Crippen LogP contribution in [-0.2, 0) is 18.2 Å². The molecule has 2 atom stereocenters. The van der Waals surface area contributed by atoms with Crippen molar-refractivity contribution in [2.24, 2.45) is 18.8 Å². The molecule has 3 N–H and O–H groups in total. The Balaban J connectivity index is 2.68. The summed E-state index contributed by atoms with van der Waals surface area (Å²) in [4.78, 5) is 0. The van der Waals surface area contributed by atoms with E-state index in [4.69, 9.17) is 10.6 Å². The number of aryl methyl sites for hydroxylation is 1. The Bertz CT molecular complexity index is 324. The Morgan fingerprint density at radius 3 is 2.65 bits per heavy atom. The number of hydrazine groups is 1. The van der Waals surface area contributed by atoms with Crippen LogP contribution >= 0.6 is 0 Å². The van der Waals surface area contributed by atoms with E-state index in [1.54, 1.807) is 4.68 Å². The smallest absolute Gasteiger partial charge is 0.0767 e. The molecule has 0 bridgehead atoms. The summed E-state index contributed by atoms with van der Waals surface area (Å²) in [6.45, 7) is 7.00. The average Bonchev–Trinajstić information content (AvgIpc) is 2.68. The fourth-order valence-corrected chi connectivity index (χ4v) is 2.07. The Kier molecular flexibility index (Phi) is 5.61. The largest absolute Gasteiger partial charge is 0.377 e. The van der Waals surface area contributed by atoms with E-state index in [1.165, 1.54) is 5.56 Å². The molecule has 5 heteroatoms. The van der Waals surface area contributed by atoms with Crippen LogP contribution in [0.1, 0.15) is 26.3 Å². The molecule has 0 fully saturated rings. The van der Waals surface area contributed by atoms with Crippen molar-refractivity contribution in [1.82, 2.24) is 15.2 Å². The SMILES string of the molecule is CCOC(C(C)C)C(Cc1cnn(C)c1)NN. The number of nitrogens with one attached hydrogen (secondary N) is 1. The van der Waals surface area contributed by atoms with E-state index in [2.05, 4.69) is 24.4 Å². The molecule has 17 heavy (non-hydrogen) atoms. The Morgan fingerprint density at radius 2 is 2.24 bits per heavy atom. The first-order valence-electron chi connectivity index (χ1n) is 6.13. The molecule has 0 saturated carbocycles. The second-order valence-corrected chi connectivity index (χ2v) is 4.66. The number of nitrogens with zero attached hydrogens (tertiary/aromatic N) is 2. The maximum atomic E-state index is 5.77. The van der Waals surface area contributed by atoms with E-state index in [1.807, 2.05) is 26.4 Å². The van der Waals surface area contributed by atoms with Crippen molar-refractivity contribution in [3.8, 4) is 0 Å². The van der Waals surface area contributed by atoms with E-state index < -0.39 is 0 Å². The van der Waals surface area contributed by atoms with Gasteiger partial charge in [0.25, 0.3) is 0 Å². The van der Waals surface area contributed by atoms with Crippen LogP contribution in [0.4, 0.5) is 0 Å². The highest BCUT2D eigenvalue weighted by atomic mass is 16.5. The summed E-state index contributed by atoms with van der Waals surface area (Å²) >= 11 is 0. The van der Waals surface area contributed by atoms with E-state index in [9.17, 15) is 0 Å². The van der Waals surface area contributed by atoms with Crippen molar-refractivity contribution in [2.45, 2.75) is 39.3 Å². The third kappa shape index (κ3) is 4.11. The van der Waals surface area contributed by atoms with Crippen molar-refractivity contribution >= 4 is 0 Å². The summed E-state index contributed by atoms with van der Waals surface area (Å²) in [6, 6.07) is 0.110. The van der Waals surface area contributed by atoms with Gasteiger partial charge in [-0.2, -0.15) is 5.10 Å². The number of hydrogen-bond donors (Lipinski definition) is 2. The maximum absolute atomic E-state index is 5.77. The van der Waals surface area contributed by atoms with Crippen LogP contribution in [0.3, 0.4) is 0 Å². The van der Waals surface area contributed by atoms with Gasteiger partial charge in [0.15, 0.2) is 0 Å². The topological polar surface area (TPSA) is 65.1 Å². The van der Waals surface area contributed by atoms with Gasteiger partial charge in [-0.25, -0.2) is 0 Å². The third-order valence-corrected chi connectivity index (χ3v) is 2.84. The third-order valence-electron chi connectivity index (χ3n) is 2.84. The van der Waals surface area contributed by atoms with Gasteiger partial charge >= 0.3 is 0 Å². The lowest BCUT2D eigenvalue weighted by atomic mass is 9.95. The molecule has 0 saturated heterocycles. The normalized spacial score (nSPS) is 15.2. The quantitative estimate of drug-likeness (QED) is 0.548. The summed E-state index contributed by atoms with van der Waals surface area (Å²) in [7, 11) is 1.91. The second kappa shape index (κ2) is 6.74. The van der Waals surface area contributed by atoms with Gasteiger partial charge in [0, 0.05) is 19.9 Å². The molecule has 1 rings (SSSR count). The van der Waals surface area contributed by atoms with Crippen LogP contribution in [0.5, 0.6) is 0 Å². The minimum Gasteiger partial charge on any atom is -0.377 e. The minimum absolute atomic E-state index is 0.110. The van der Waals surface area contributed by atoms with Crippen LogP contribution in [0, 0.1) is 5.92 Å². The lowest BCUT2D eigenvalue weighted by Gasteiger charge is -2.29. The average molecular weight is 240 g/mol. The van der Waals surface area contributed by atoms with Gasteiger partial charge in [0.1, 0.15) is 0 Å². The van der Waals surface area contributed by atoms with E-state index >= 15 is 0 Å². The fraction of sp³-hybridized carbons (Fsp3) is 0.750. The number of aromatic nitrogens is 2. The van der Waals surface area contributed by atoms with Crippen molar-refractivity contribution in [3.63, 3.8) is 0 Å². The highest BCUT2D eigenvalue weighted by molar-refractivity contribution is 5.07. The Labute approximate surface area is 103 Å². The second-order valence-electron chi connectivity index (χ2n) is 4.66. The summed E-state index contributed by atoms with van der Waals surface area (Å²) < 4.78 is 7.57. The van der Waals surface area contributed by atoms with Crippen LogP contribution < -0.4 is 11.3 Å². The molecule has 0 aliphatic carbocycles. The molecule has 5 nitrogen and oxygen atoms in total. The standard InChI is InChI=1S/C12H24N4O/c1-5-17-12(9(2)3)11(15-13)6-10-7-14-16(4)8-10/h7-9,11-12,15H,5-6,13H2,1-4H3. The van der Waals surface area contributed by atoms with E-state index in [0.29, 0.717) is 12.5 Å². The molecule has 1 aromatic heterocycles. The molecule has 2 unspecified atom stereocenters. The van der Waals surface area contributed by atoms with Crippen LogP contribution in [-0.4, -0.2) is 28.5 Å². The first-order valence-corrected chi connectivity index (χ1v) is 6.13. The van der Waals surface area contributed by atoms with Crippen molar-refractivity contribution in [1.29, 1.82) is 0 Å². The Morgan fingerprint density at radius 1 is 1.53 bits per heavy atom. The van der Waals surface area contributed by atoms with Crippen LogP contribution in [0.2, 0.25) is 0 Å². The van der Waals surface area contributed by atoms with Gasteiger partial charge in [0.05, 0.1) is 18.3 Å². The van der Waals surface area contributed by atoms with Crippen molar-refractivity contribution in [2.75, 3.05) is 6.61 Å². The van der Waals surface area contributed by atoms with Gasteiger partial charge in [-0.3, -0.25) is 16.0 Å². The number of hydrogen-bond acceptors (Lipinski definition) is 4. The zero-order chi connectivity index (χ0) is 12.8. The van der Waals surface area contributed by atoms with Gasteiger partial charge in [0.2, 0.25) is 0 Å². The lowest BCUT2D eigenvalue weighted by Crippen LogP contribution is -2.48. The van der Waals surface area contributed by atoms with Gasteiger partial charge < -0.3 is 4.74 Å². The molecule has 1 heterocycles. The predicted molar refractivity (Wildman–Crippen MR) is 68.3 cm³/mol. The van der Waals surface area contributed by atoms with Gasteiger partial charge in [-0.05, 0) is 24.8 Å². The molecule has 0 aliphatic heterocycles. The van der Waals surface area contributed by atoms with Crippen molar-refractivity contribution < 1.29 is 4.74 Å². The monoisotopic (exact) mass is 240 g/mol. The number of rotatable bonds is 7. The predicted octanol–water partition coefficient (Wildman–Crippen LogP) is 0.856. The van der Waals surface area contributed by atoms with E-state index in [0.717, 1.165) is 6.42 Å².